The first kappa shape index (κ1) is 10.4. The first-order valence-corrected chi connectivity index (χ1v) is 4.24. The molecule has 2 nitrogen and oxygen atoms in total. The van der Waals surface area contributed by atoms with Gasteiger partial charge in [0.15, 0.2) is 0 Å². The van der Waals surface area contributed by atoms with Crippen molar-refractivity contribution < 1.29 is 0 Å². The van der Waals surface area contributed by atoms with Gasteiger partial charge in [0.25, 0.3) is 0 Å². The highest BCUT2D eigenvalue weighted by atomic mass is 14.9. The second-order valence-corrected chi connectivity index (χ2v) is 3.53. The minimum Gasteiger partial charge on any atom is -0.315 e. The van der Waals surface area contributed by atoms with E-state index in [-0.39, 0.29) is 5.41 Å². The van der Waals surface area contributed by atoms with Crippen molar-refractivity contribution in [3.8, 4) is 6.07 Å². The van der Waals surface area contributed by atoms with E-state index in [2.05, 4.69) is 18.3 Å². The molecule has 0 heterocycles. The fraction of sp³-hybridized carbons (Fsp3) is 0.889. The predicted molar refractivity (Wildman–Crippen MR) is 47.2 cm³/mol. The van der Waals surface area contributed by atoms with Crippen LogP contribution in [0.4, 0.5) is 0 Å². The van der Waals surface area contributed by atoms with Gasteiger partial charge in [-0.05, 0) is 26.8 Å². The van der Waals surface area contributed by atoms with Gasteiger partial charge in [-0.1, -0.05) is 13.3 Å². The normalized spacial score (nSPS) is 11.1. The molecule has 0 aliphatic heterocycles. The zero-order valence-electron chi connectivity index (χ0n) is 7.78. The summed E-state index contributed by atoms with van der Waals surface area (Å²) in [5.74, 6) is 0. The quantitative estimate of drug-likeness (QED) is 0.614. The van der Waals surface area contributed by atoms with Gasteiger partial charge in [-0.3, -0.25) is 0 Å². The number of unbranched alkanes of at least 4 members (excludes halogenated alkanes) is 1. The van der Waals surface area contributed by atoms with Gasteiger partial charge >= 0.3 is 0 Å². The molecule has 1 N–H and O–H groups in total. The lowest BCUT2D eigenvalue weighted by Gasteiger charge is -2.15. The number of nitrogens with one attached hydrogen (secondary N) is 1. The van der Waals surface area contributed by atoms with Crippen molar-refractivity contribution in [2.75, 3.05) is 13.1 Å². The molecule has 0 aromatic carbocycles. The minimum atomic E-state index is -0.215. The molecule has 0 fully saturated rings. The Bertz CT molecular complexity index is 133. The summed E-state index contributed by atoms with van der Waals surface area (Å²) in [6.07, 6.45) is 2.40. The van der Waals surface area contributed by atoms with E-state index in [9.17, 15) is 0 Å². The monoisotopic (exact) mass is 154 g/mol. The Balaban J connectivity index is 3.32. The second kappa shape index (κ2) is 5.15. The lowest BCUT2D eigenvalue weighted by Crippen LogP contribution is -2.28. The molecule has 0 aromatic rings. The van der Waals surface area contributed by atoms with E-state index < -0.39 is 0 Å². The van der Waals surface area contributed by atoms with Crippen LogP contribution in [0.25, 0.3) is 0 Å². The molecule has 64 valence electrons. The van der Waals surface area contributed by atoms with E-state index in [0.717, 1.165) is 13.1 Å². The highest BCUT2D eigenvalue weighted by Crippen LogP contribution is 2.10. The van der Waals surface area contributed by atoms with Crippen LogP contribution in [-0.2, 0) is 0 Å². The standard InChI is InChI=1S/C9H18N2/c1-4-5-6-11-8-9(2,3)7-10/h11H,4-6,8H2,1-3H3. The van der Waals surface area contributed by atoms with E-state index in [1.54, 1.807) is 0 Å². The molecule has 0 atom stereocenters. The summed E-state index contributed by atoms with van der Waals surface area (Å²) in [5, 5.41) is 11.9. The van der Waals surface area contributed by atoms with Crippen LogP contribution >= 0.6 is 0 Å². The van der Waals surface area contributed by atoms with E-state index in [4.69, 9.17) is 5.26 Å². The molecule has 11 heavy (non-hydrogen) atoms. The molecule has 0 rings (SSSR count). The van der Waals surface area contributed by atoms with Gasteiger partial charge in [0, 0.05) is 6.54 Å². The first-order chi connectivity index (χ1) is 5.12. The Hall–Kier alpha value is -0.550. The smallest absolute Gasteiger partial charge is 0.0697 e. The van der Waals surface area contributed by atoms with Crippen molar-refractivity contribution in [1.29, 1.82) is 5.26 Å². The maximum Gasteiger partial charge on any atom is 0.0697 e. The number of rotatable bonds is 5. The van der Waals surface area contributed by atoms with Crippen LogP contribution in [-0.4, -0.2) is 13.1 Å². The number of nitriles is 1. The van der Waals surface area contributed by atoms with E-state index in [0.29, 0.717) is 0 Å². The summed E-state index contributed by atoms with van der Waals surface area (Å²) in [4.78, 5) is 0. The third-order valence-electron chi connectivity index (χ3n) is 1.58. The topological polar surface area (TPSA) is 35.8 Å². The van der Waals surface area contributed by atoms with Crippen molar-refractivity contribution in [2.45, 2.75) is 33.6 Å². The fourth-order valence-corrected chi connectivity index (χ4v) is 0.742. The zero-order valence-corrected chi connectivity index (χ0v) is 7.78. The molecule has 0 bridgehead atoms. The van der Waals surface area contributed by atoms with Gasteiger partial charge in [0.05, 0.1) is 11.5 Å². The van der Waals surface area contributed by atoms with Crippen LogP contribution < -0.4 is 5.32 Å². The Morgan fingerprint density at radius 3 is 2.55 bits per heavy atom. The van der Waals surface area contributed by atoms with Crippen LogP contribution in [0.1, 0.15) is 33.6 Å². The third kappa shape index (κ3) is 5.87. The summed E-state index contributed by atoms with van der Waals surface area (Å²) in [6, 6.07) is 2.26. The van der Waals surface area contributed by atoms with Gasteiger partial charge in [-0.15, -0.1) is 0 Å². The van der Waals surface area contributed by atoms with Crippen LogP contribution in [0, 0.1) is 16.7 Å². The molecule has 0 spiro atoms. The Kier molecular flexibility index (Phi) is 4.89. The van der Waals surface area contributed by atoms with Crippen LogP contribution in [0.15, 0.2) is 0 Å². The van der Waals surface area contributed by atoms with Gasteiger partial charge < -0.3 is 5.32 Å². The molecule has 0 aliphatic carbocycles. The van der Waals surface area contributed by atoms with Crippen LogP contribution in [0.3, 0.4) is 0 Å². The summed E-state index contributed by atoms with van der Waals surface area (Å²) in [7, 11) is 0. The minimum absolute atomic E-state index is 0.215. The molecule has 0 radical (unpaired) electrons. The van der Waals surface area contributed by atoms with E-state index >= 15 is 0 Å². The van der Waals surface area contributed by atoms with Gasteiger partial charge in [0.1, 0.15) is 0 Å². The Labute approximate surface area is 69.6 Å². The lowest BCUT2D eigenvalue weighted by atomic mass is 9.96. The average Bonchev–Trinajstić information content (AvgIpc) is 1.99. The Morgan fingerprint density at radius 2 is 2.09 bits per heavy atom. The molecule has 0 saturated carbocycles. The third-order valence-corrected chi connectivity index (χ3v) is 1.58. The highest BCUT2D eigenvalue weighted by Gasteiger charge is 2.14. The van der Waals surface area contributed by atoms with Crippen molar-refractivity contribution in [3.05, 3.63) is 0 Å². The van der Waals surface area contributed by atoms with Crippen molar-refractivity contribution in [2.24, 2.45) is 5.41 Å². The number of hydrogen-bond donors (Lipinski definition) is 1. The summed E-state index contributed by atoms with van der Waals surface area (Å²) in [5.41, 5.74) is -0.215. The maximum atomic E-state index is 8.66. The van der Waals surface area contributed by atoms with Crippen molar-refractivity contribution in [3.63, 3.8) is 0 Å². The SMILES string of the molecule is CCCCNCC(C)(C)C#N. The van der Waals surface area contributed by atoms with E-state index in [1.165, 1.54) is 12.8 Å². The number of nitrogens with zero attached hydrogens (tertiary/aromatic N) is 1. The van der Waals surface area contributed by atoms with Crippen molar-refractivity contribution in [1.82, 2.24) is 5.32 Å². The molecule has 0 saturated heterocycles. The van der Waals surface area contributed by atoms with Crippen LogP contribution in [0.5, 0.6) is 0 Å². The molecule has 0 aliphatic rings. The molecular weight excluding hydrogens is 136 g/mol. The van der Waals surface area contributed by atoms with Gasteiger partial charge in [-0.2, -0.15) is 5.26 Å². The predicted octanol–water partition coefficient (Wildman–Crippen LogP) is 1.93. The number of hydrogen-bond acceptors (Lipinski definition) is 2. The zero-order chi connectivity index (χ0) is 8.74. The van der Waals surface area contributed by atoms with Crippen LogP contribution in [0.2, 0.25) is 0 Å². The lowest BCUT2D eigenvalue weighted by molar-refractivity contribution is 0.442. The highest BCUT2D eigenvalue weighted by molar-refractivity contribution is 4.93. The summed E-state index contributed by atoms with van der Waals surface area (Å²) >= 11 is 0. The second-order valence-electron chi connectivity index (χ2n) is 3.53. The molecule has 0 unspecified atom stereocenters. The molecular formula is C9H18N2. The Morgan fingerprint density at radius 1 is 1.45 bits per heavy atom. The molecule has 0 amide bonds. The van der Waals surface area contributed by atoms with E-state index in [1.807, 2.05) is 13.8 Å². The summed E-state index contributed by atoms with van der Waals surface area (Å²) in [6.45, 7) is 7.89. The average molecular weight is 154 g/mol. The summed E-state index contributed by atoms with van der Waals surface area (Å²) < 4.78 is 0. The van der Waals surface area contributed by atoms with Gasteiger partial charge in [-0.25, -0.2) is 0 Å². The molecule has 2 heteroatoms. The molecule has 0 aromatic heterocycles. The first-order valence-electron chi connectivity index (χ1n) is 4.24. The van der Waals surface area contributed by atoms with Gasteiger partial charge in [0.2, 0.25) is 0 Å². The largest absolute Gasteiger partial charge is 0.315 e. The maximum absolute atomic E-state index is 8.66. The fourth-order valence-electron chi connectivity index (χ4n) is 0.742. The van der Waals surface area contributed by atoms with Crippen molar-refractivity contribution >= 4 is 0 Å².